The zero-order valence-corrected chi connectivity index (χ0v) is 22.3. The Balaban J connectivity index is 1.34. The van der Waals surface area contributed by atoms with Crippen LogP contribution < -0.4 is 11.2 Å². The van der Waals surface area contributed by atoms with Crippen molar-refractivity contribution in [2.24, 2.45) is 23.2 Å². The van der Waals surface area contributed by atoms with Crippen molar-refractivity contribution in [1.82, 2.24) is 19.8 Å². The van der Waals surface area contributed by atoms with Gasteiger partial charge in [-0.3, -0.25) is 19.5 Å². The van der Waals surface area contributed by atoms with Crippen LogP contribution in [0.25, 0.3) is 0 Å². The third-order valence-corrected chi connectivity index (χ3v) is 11.3. The minimum absolute atomic E-state index is 0.0557. The first kappa shape index (κ1) is 24.2. The van der Waals surface area contributed by atoms with Crippen LogP contribution in [0.15, 0.2) is 33.9 Å². The molecule has 3 aliphatic carbocycles. The van der Waals surface area contributed by atoms with E-state index in [0.717, 1.165) is 44.6 Å². The Kier molecular flexibility index (Phi) is 5.29. The van der Waals surface area contributed by atoms with Crippen LogP contribution in [0.3, 0.4) is 0 Å². The summed E-state index contributed by atoms with van der Waals surface area (Å²) in [6.45, 7) is 7.55. The number of amides is 1. The highest BCUT2D eigenvalue weighted by Crippen LogP contribution is 2.73. The summed E-state index contributed by atoms with van der Waals surface area (Å²) in [5, 5.41) is 10.7. The highest BCUT2D eigenvalue weighted by atomic mass is 16.3. The molecule has 0 radical (unpaired) electrons. The molecule has 3 saturated carbocycles. The number of likely N-dealkylation sites (tertiary alicyclic amines) is 2. The Hall–Kier alpha value is -2.87. The lowest BCUT2D eigenvalue weighted by Gasteiger charge is -2.63. The van der Waals surface area contributed by atoms with Crippen molar-refractivity contribution in [1.29, 1.82) is 0 Å². The molecule has 2 aromatic rings. The third kappa shape index (κ3) is 3.22. The molecule has 6 atom stereocenters. The van der Waals surface area contributed by atoms with Gasteiger partial charge in [0.2, 0.25) is 0 Å². The van der Waals surface area contributed by atoms with Gasteiger partial charge in [-0.1, -0.05) is 13.0 Å². The molecule has 1 aromatic heterocycles. The number of hydrogen-bond donors (Lipinski definition) is 3. The molecule has 38 heavy (non-hydrogen) atoms. The quantitative estimate of drug-likeness (QED) is 0.564. The molecular weight excluding hydrogens is 480 g/mol. The highest BCUT2D eigenvalue weighted by molar-refractivity contribution is 5.92. The van der Waals surface area contributed by atoms with E-state index in [1.807, 2.05) is 17.0 Å². The van der Waals surface area contributed by atoms with E-state index in [9.17, 15) is 19.5 Å². The van der Waals surface area contributed by atoms with Crippen LogP contribution >= 0.6 is 0 Å². The lowest BCUT2D eigenvalue weighted by molar-refractivity contribution is -0.0870. The fourth-order valence-electron chi connectivity index (χ4n) is 9.73. The summed E-state index contributed by atoms with van der Waals surface area (Å²) in [4.78, 5) is 47.1. The molecule has 7 rings (SSSR count). The van der Waals surface area contributed by atoms with E-state index in [4.69, 9.17) is 0 Å². The molecule has 202 valence electrons. The molecule has 5 fully saturated rings. The maximum absolute atomic E-state index is 13.7. The van der Waals surface area contributed by atoms with Gasteiger partial charge >= 0.3 is 5.69 Å². The van der Waals surface area contributed by atoms with Gasteiger partial charge in [-0.05, 0) is 105 Å². The van der Waals surface area contributed by atoms with Crippen LogP contribution in [0.4, 0.5) is 0 Å². The molecule has 1 aromatic carbocycles. The number of carbonyl (C=O) groups excluding carboxylic acids is 1. The van der Waals surface area contributed by atoms with E-state index in [1.165, 1.54) is 36.6 Å². The van der Waals surface area contributed by atoms with E-state index >= 15 is 0 Å². The van der Waals surface area contributed by atoms with Gasteiger partial charge in [0.15, 0.2) is 0 Å². The molecule has 3 N–H and O–H groups in total. The zero-order valence-electron chi connectivity index (χ0n) is 22.3. The zero-order chi connectivity index (χ0) is 26.4. The monoisotopic (exact) mass is 518 g/mol. The first-order valence-electron chi connectivity index (χ1n) is 14.5. The van der Waals surface area contributed by atoms with E-state index in [1.54, 1.807) is 0 Å². The second-order valence-electron chi connectivity index (χ2n) is 12.7. The Labute approximate surface area is 222 Å². The fraction of sp³-hybridized carbons (Fsp3) is 0.633. The fourth-order valence-corrected chi connectivity index (χ4v) is 9.73. The van der Waals surface area contributed by atoms with Crippen LogP contribution in [0.1, 0.15) is 74.0 Å². The number of H-pyrrole nitrogens is 2. The van der Waals surface area contributed by atoms with Crippen LogP contribution in [-0.4, -0.2) is 62.5 Å². The first-order chi connectivity index (χ1) is 18.3. The number of hydrogen-bond acceptors (Lipinski definition) is 5. The molecule has 8 heteroatoms. The number of rotatable bonds is 5. The molecular formula is C30H38N4O4. The van der Waals surface area contributed by atoms with E-state index in [2.05, 4.69) is 34.8 Å². The normalized spacial score (nSPS) is 35.9. The number of aryl methyl sites for hydroxylation is 1. The van der Waals surface area contributed by atoms with Gasteiger partial charge < -0.3 is 15.0 Å². The summed E-state index contributed by atoms with van der Waals surface area (Å²) >= 11 is 0. The molecule has 1 amide bonds. The van der Waals surface area contributed by atoms with Crippen LogP contribution in [0.2, 0.25) is 0 Å². The number of piperidine rings is 1. The molecule has 3 heterocycles. The number of nitrogens with one attached hydrogen (secondary N) is 2. The Morgan fingerprint density at radius 3 is 2.68 bits per heavy atom. The van der Waals surface area contributed by atoms with Gasteiger partial charge in [-0.25, -0.2) is 4.79 Å². The third-order valence-electron chi connectivity index (χ3n) is 11.3. The van der Waals surface area contributed by atoms with E-state index in [0.29, 0.717) is 30.2 Å². The number of aromatic hydroxyl groups is 1. The van der Waals surface area contributed by atoms with Crippen molar-refractivity contribution >= 4 is 5.91 Å². The van der Waals surface area contributed by atoms with Crippen LogP contribution in [-0.2, 0) is 11.8 Å². The van der Waals surface area contributed by atoms with Crippen LogP contribution in [0, 0.1) is 23.2 Å². The molecule has 2 saturated heterocycles. The SMILES string of the molecule is CCc1ccc(O)cc1C12CCN(CC3CC3)C(C)C13CCC1C2[C@@H](CN1C(=O)c1cc(=O)[nH]c(=O)[nH]1)C3. The van der Waals surface area contributed by atoms with Crippen molar-refractivity contribution in [2.45, 2.75) is 76.3 Å². The summed E-state index contributed by atoms with van der Waals surface area (Å²) < 4.78 is 0. The molecule has 8 nitrogen and oxygen atoms in total. The number of aromatic nitrogens is 2. The molecule has 5 aliphatic rings. The van der Waals surface area contributed by atoms with Gasteiger partial charge in [-0.15, -0.1) is 0 Å². The number of phenolic OH excluding ortho intramolecular Hbond substituents is 1. The van der Waals surface area contributed by atoms with Gasteiger partial charge in [0.1, 0.15) is 11.4 Å². The van der Waals surface area contributed by atoms with Gasteiger partial charge in [0.05, 0.1) is 0 Å². The minimum Gasteiger partial charge on any atom is -0.508 e. The highest BCUT2D eigenvalue weighted by Gasteiger charge is 2.74. The average Bonchev–Trinajstić information content (AvgIpc) is 3.59. The summed E-state index contributed by atoms with van der Waals surface area (Å²) in [5.41, 5.74) is 1.47. The second-order valence-corrected chi connectivity index (χ2v) is 12.7. The van der Waals surface area contributed by atoms with Crippen LogP contribution in [0.5, 0.6) is 5.75 Å². The standard InChI is InChI=1S/C30H38N4O4/c1-3-19-6-7-21(35)12-22(19)30-10-11-33(15-18-4-5-18)17(2)29(30)9-8-24-26(30)20(14-29)16-34(24)27(37)23-13-25(36)32-28(38)31-23/h6-7,12-13,17-18,20,24,26,35H,3-5,8-11,14-16H2,1-2H3,(H2,31,32,36,38)/t17?,20-,24?,26?,29?,30?/m1/s1. The first-order valence-corrected chi connectivity index (χ1v) is 14.5. The summed E-state index contributed by atoms with van der Waals surface area (Å²) in [5.74, 6) is 1.57. The molecule has 2 bridgehead atoms. The maximum atomic E-state index is 13.7. The minimum atomic E-state index is -0.649. The Morgan fingerprint density at radius 2 is 1.95 bits per heavy atom. The van der Waals surface area contributed by atoms with Crippen molar-refractivity contribution in [3.63, 3.8) is 0 Å². The summed E-state index contributed by atoms with van der Waals surface area (Å²) in [7, 11) is 0. The Bertz CT molecular complexity index is 1380. The average molecular weight is 519 g/mol. The largest absolute Gasteiger partial charge is 0.508 e. The van der Waals surface area contributed by atoms with Gasteiger partial charge in [0.25, 0.3) is 11.5 Å². The predicted octanol–water partition coefficient (Wildman–Crippen LogP) is 3.01. The van der Waals surface area contributed by atoms with Crippen molar-refractivity contribution in [2.75, 3.05) is 19.6 Å². The predicted molar refractivity (Wildman–Crippen MR) is 143 cm³/mol. The number of aromatic amines is 2. The van der Waals surface area contributed by atoms with Crippen molar-refractivity contribution in [3.8, 4) is 5.75 Å². The summed E-state index contributed by atoms with van der Waals surface area (Å²) in [6, 6.07) is 7.68. The number of phenols is 1. The number of nitrogens with zero attached hydrogens (tertiary/aromatic N) is 2. The molecule has 0 spiro atoms. The number of benzene rings is 1. The summed E-state index contributed by atoms with van der Waals surface area (Å²) in [6.07, 6.45) is 7.70. The molecule has 2 aliphatic heterocycles. The van der Waals surface area contributed by atoms with Gasteiger partial charge in [-0.2, -0.15) is 0 Å². The lowest BCUT2D eigenvalue weighted by Crippen LogP contribution is -2.66. The smallest absolute Gasteiger partial charge is 0.326 e. The number of carbonyl (C=O) groups is 1. The van der Waals surface area contributed by atoms with E-state index < -0.39 is 11.2 Å². The van der Waals surface area contributed by atoms with E-state index in [-0.39, 0.29) is 28.5 Å². The second kappa shape index (κ2) is 8.31. The van der Waals surface area contributed by atoms with Crippen molar-refractivity contribution in [3.05, 3.63) is 61.9 Å². The van der Waals surface area contributed by atoms with Crippen molar-refractivity contribution < 1.29 is 9.90 Å². The maximum Gasteiger partial charge on any atom is 0.326 e. The Morgan fingerprint density at radius 1 is 1.13 bits per heavy atom. The van der Waals surface area contributed by atoms with Gasteiger partial charge in [0, 0.05) is 36.7 Å². The molecule has 5 unspecified atom stereocenters. The topological polar surface area (TPSA) is 110 Å². The lowest BCUT2D eigenvalue weighted by atomic mass is 9.46.